The van der Waals surface area contributed by atoms with E-state index in [9.17, 15) is 14.4 Å². The number of hydrogen-bond donors (Lipinski definition) is 1. The van der Waals surface area contributed by atoms with E-state index in [2.05, 4.69) is 5.32 Å². The van der Waals surface area contributed by atoms with Crippen LogP contribution in [0.3, 0.4) is 0 Å². The fourth-order valence-corrected chi connectivity index (χ4v) is 1.57. The predicted molar refractivity (Wildman–Crippen MR) is 89.4 cm³/mol. The minimum Gasteiger partial charge on any atom is -0.463 e. The van der Waals surface area contributed by atoms with Crippen LogP contribution in [0.25, 0.3) is 0 Å². The van der Waals surface area contributed by atoms with Gasteiger partial charge in [0.05, 0.1) is 19.1 Å². The highest BCUT2D eigenvalue weighted by Crippen LogP contribution is 2.11. The maximum Gasteiger partial charge on any atom is 0.408 e. The number of alkyl carbamates (subject to hydrolysis) is 1. The van der Waals surface area contributed by atoms with Gasteiger partial charge in [0, 0.05) is 6.08 Å². The summed E-state index contributed by atoms with van der Waals surface area (Å²) in [5.74, 6) is -1.06. The van der Waals surface area contributed by atoms with Crippen LogP contribution in [-0.2, 0) is 23.8 Å². The van der Waals surface area contributed by atoms with Gasteiger partial charge < -0.3 is 19.5 Å². The average Bonchev–Trinajstić information content (AvgIpc) is 2.31. The van der Waals surface area contributed by atoms with Crippen LogP contribution in [0.5, 0.6) is 0 Å². The zero-order chi connectivity index (χ0) is 19.0. The van der Waals surface area contributed by atoms with Crippen LogP contribution in [0.4, 0.5) is 4.79 Å². The summed E-state index contributed by atoms with van der Waals surface area (Å²) in [5.41, 5.74) is -1.32. The molecule has 0 aromatic rings. The zero-order valence-electron chi connectivity index (χ0n) is 15.6. The molecule has 0 heterocycles. The molecule has 7 heteroatoms. The molecular weight excluding hydrogens is 314 g/mol. The van der Waals surface area contributed by atoms with E-state index in [-0.39, 0.29) is 13.0 Å². The maximum absolute atomic E-state index is 11.9. The first-order valence-corrected chi connectivity index (χ1v) is 7.88. The predicted octanol–water partition coefficient (Wildman–Crippen LogP) is 2.73. The molecule has 1 N–H and O–H groups in total. The third-order valence-corrected chi connectivity index (χ3v) is 2.26. The molecule has 0 aromatic carbocycles. The van der Waals surface area contributed by atoms with Gasteiger partial charge in [0.1, 0.15) is 11.2 Å². The van der Waals surface area contributed by atoms with Crippen LogP contribution in [0.15, 0.2) is 12.2 Å². The summed E-state index contributed by atoms with van der Waals surface area (Å²) in [7, 11) is 0. The topological polar surface area (TPSA) is 90.9 Å². The van der Waals surface area contributed by atoms with Gasteiger partial charge in [-0.05, 0) is 48.5 Å². The fraction of sp³-hybridized carbons (Fsp3) is 0.706. The monoisotopic (exact) mass is 343 g/mol. The van der Waals surface area contributed by atoms with E-state index in [1.165, 1.54) is 6.08 Å². The number of carbonyl (C=O) groups is 3. The fourth-order valence-electron chi connectivity index (χ4n) is 1.57. The van der Waals surface area contributed by atoms with Crippen molar-refractivity contribution in [3.05, 3.63) is 12.2 Å². The van der Waals surface area contributed by atoms with Crippen molar-refractivity contribution < 1.29 is 28.6 Å². The summed E-state index contributed by atoms with van der Waals surface area (Å²) >= 11 is 0. The maximum atomic E-state index is 11.9. The zero-order valence-corrected chi connectivity index (χ0v) is 15.6. The Hall–Kier alpha value is -2.05. The van der Waals surface area contributed by atoms with Crippen LogP contribution >= 0.6 is 0 Å². The number of rotatable bonds is 6. The SMILES string of the molecule is CCOC(=O)C=CC(CC(=O)OC(C)(C)C)NC(=O)OC(C)(C)C. The lowest BCUT2D eigenvalue weighted by Crippen LogP contribution is -2.40. The molecule has 138 valence electrons. The van der Waals surface area contributed by atoms with E-state index < -0.39 is 35.3 Å². The summed E-state index contributed by atoms with van der Waals surface area (Å²) in [5, 5.41) is 2.53. The van der Waals surface area contributed by atoms with Crippen LogP contribution in [0.2, 0.25) is 0 Å². The highest BCUT2D eigenvalue weighted by Gasteiger charge is 2.23. The van der Waals surface area contributed by atoms with Gasteiger partial charge in [-0.1, -0.05) is 6.08 Å². The van der Waals surface area contributed by atoms with Gasteiger partial charge in [0.25, 0.3) is 0 Å². The van der Waals surface area contributed by atoms with E-state index in [1.807, 2.05) is 0 Å². The normalized spacial score (nSPS) is 13.3. The summed E-state index contributed by atoms with van der Waals surface area (Å²) in [6, 6.07) is -0.751. The first-order chi connectivity index (χ1) is 10.8. The van der Waals surface area contributed by atoms with Gasteiger partial charge in [-0.2, -0.15) is 0 Å². The third-order valence-electron chi connectivity index (χ3n) is 2.26. The Morgan fingerprint density at radius 1 is 1.00 bits per heavy atom. The molecule has 24 heavy (non-hydrogen) atoms. The van der Waals surface area contributed by atoms with E-state index in [0.29, 0.717) is 0 Å². The second-order valence-corrected chi connectivity index (χ2v) is 7.15. The summed E-state index contributed by atoms with van der Waals surface area (Å²) in [6.07, 6.45) is 1.72. The minimum atomic E-state index is -0.751. The molecule has 0 aliphatic rings. The lowest BCUT2D eigenvalue weighted by Gasteiger charge is -2.23. The number of hydrogen-bond acceptors (Lipinski definition) is 6. The van der Waals surface area contributed by atoms with E-state index in [1.54, 1.807) is 48.5 Å². The Morgan fingerprint density at radius 2 is 1.54 bits per heavy atom. The van der Waals surface area contributed by atoms with Gasteiger partial charge in [-0.25, -0.2) is 9.59 Å². The number of nitrogens with one attached hydrogen (secondary N) is 1. The number of ether oxygens (including phenoxy) is 3. The lowest BCUT2D eigenvalue weighted by molar-refractivity contribution is -0.155. The second-order valence-electron chi connectivity index (χ2n) is 7.15. The number of esters is 2. The molecule has 0 spiro atoms. The van der Waals surface area contributed by atoms with Crippen molar-refractivity contribution in [1.29, 1.82) is 0 Å². The first kappa shape index (κ1) is 21.9. The molecule has 1 unspecified atom stereocenters. The summed E-state index contributed by atoms with van der Waals surface area (Å²) in [4.78, 5) is 35.2. The molecular formula is C17H29NO6. The molecule has 0 bridgehead atoms. The van der Waals surface area contributed by atoms with Crippen molar-refractivity contribution in [2.24, 2.45) is 0 Å². The largest absolute Gasteiger partial charge is 0.463 e. The van der Waals surface area contributed by atoms with Gasteiger partial charge in [0.2, 0.25) is 0 Å². The molecule has 0 radical (unpaired) electrons. The summed E-state index contributed by atoms with van der Waals surface area (Å²) in [6.45, 7) is 12.3. The van der Waals surface area contributed by atoms with Gasteiger partial charge in [-0.3, -0.25) is 4.79 Å². The smallest absolute Gasteiger partial charge is 0.408 e. The van der Waals surface area contributed by atoms with E-state index in [4.69, 9.17) is 14.2 Å². The molecule has 0 fully saturated rings. The third kappa shape index (κ3) is 12.5. The highest BCUT2D eigenvalue weighted by molar-refractivity contribution is 5.82. The molecule has 0 aliphatic carbocycles. The molecule has 1 amide bonds. The molecule has 0 aliphatic heterocycles. The second kappa shape index (κ2) is 9.30. The first-order valence-electron chi connectivity index (χ1n) is 7.88. The van der Waals surface area contributed by atoms with Crippen LogP contribution in [0.1, 0.15) is 54.9 Å². The van der Waals surface area contributed by atoms with E-state index in [0.717, 1.165) is 6.08 Å². The van der Waals surface area contributed by atoms with Crippen molar-refractivity contribution >= 4 is 18.0 Å². The molecule has 0 aromatic heterocycles. The number of amides is 1. The Morgan fingerprint density at radius 3 is 2.00 bits per heavy atom. The van der Waals surface area contributed by atoms with Gasteiger partial charge >= 0.3 is 18.0 Å². The van der Waals surface area contributed by atoms with Crippen molar-refractivity contribution in [1.82, 2.24) is 5.32 Å². The molecule has 0 saturated carbocycles. The van der Waals surface area contributed by atoms with E-state index >= 15 is 0 Å². The van der Waals surface area contributed by atoms with Gasteiger partial charge in [0.15, 0.2) is 0 Å². The van der Waals surface area contributed by atoms with Crippen LogP contribution < -0.4 is 5.32 Å². The standard InChI is InChI=1S/C17H29NO6/c1-8-22-13(19)10-9-12(11-14(20)23-16(2,3)4)18-15(21)24-17(5,6)7/h9-10,12H,8,11H2,1-7H3,(H,18,21). The summed E-state index contributed by atoms with van der Waals surface area (Å²) < 4.78 is 15.2. The Bertz CT molecular complexity index is 440. The van der Waals surface area contributed by atoms with Crippen LogP contribution in [-0.4, -0.2) is 41.9 Å². The Balaban J connectivity index is 4.92. The molecule has 0 saturated heterocycles. The Kier molecular flexibility index (Phi) is 8.50. The highest BCUT2D eigenvalue weighted by atomic mass is 16.6. The minimum absolute atomic E-state index is 0.133. The van der Waals surface area contributed by atoms with Crippen molar-refractivity contribution in [3.63, 3.8) is 0 Å². The van der Waals surface area contributed by atoms with Crippen molar-refractivity contribution in [2.75, 3.05) is 6.61 Å². The molecule has 0 rings (SSSR count). The van der Waals surface area contributed by atoms with Crippen molar-refractivity contribution in [2.45, 2.75) is 72.1 Å². The molecule has 7 nitrogen and oxygen atoms in total. The Labute approximate surface area is 143 Å². The quantitative estimate of drug-likeness (QED) is 0.453. The van der Waals surface area contributed by atoms with Crippen molar-refractivity contribution in [3.8, 4) is 0 Å². The van der Waals surface area contributed by atoms with Gasteiger partial charge in [-0.15, -0.1) is 0 Å². The lowest BCUT2D eigenvalue weighted by atomic mass is 10.1. The number of carbonyl (C=O) groups excluding carboxylic acids is 3. The van der Waals surface area contributed by atoms with Crippen LogP contribution in [0, 0.1) is 0 Å². The average molecular weight is 343 g/mol. The molecule has 1 atom stereocenters.